The highest BCUT2D eigenvalue weighted by molar-refractivity contribution is 5.92. The van der Waals surface area contributed by atoms with Crippen molar-refractivity contribution in [3.63, 3.8) is 0 Å². The highest BCUT2D eigenvalue weighted by atomic mass is 16.4. The zero-order valence-electron chi connectivity index (χ0n) is 10.6. The van der Waals surface area contributed by atoms with Gasteiger partial charge in [0.2, 0.25) is 5.91 Å². The lowest BCUT2D eigenvalue weighted by atomic mass is 10.2. The third-order valence-electron chi connectivity index (χ3n) is 2.86. The third kappa shape index (κ3) is 2.57. The molecule has 6 nitrogen and oxygen atoms in total. The Labute approximate surface area is 109 Å². The molecule has 0 aliphatic heterocycles. The number of hydrogen-bond donors (Lipinski definition) is 2. The van der Waals surface area contributed by atoms with Gasteiger partial charge in [-0.3, -0.25) is 4.79 Å². The predicted molar refractivity (Wildman–Crippen MR) is 69.9 cm³/mol. The number of carbonyl (C=O) groups is 2. The lowest BCUT2D eigenvalue weighted by Crippen LogP contribution is -2.20. The summed E-state index contributed by atoms with van der Waals surface area (Å²) < 4.78 is 1.69. The van der Waals surface area contributed by atoms with Crippen molar-refractivity contribution in [1.29, 1.82) is 0 Å². The first-order chi connectivity index (χ1) is 9.02. The maximum atomic E-state index is 11.1. The zero-order chi connectivity index (χ0) is 14.0. The van der Waals surface area contributed by atoms with Crippen molar-refractivity contribution in [3.05, 3.63) is 29.6 Å². The van der Waals surface area contributed by atoms with Crippen LogP contribution in [-0.2, 0) is 17.8 Å². The molecule has 1 aromatic heterocycles. The van der Waals surface area contributed by atoms with Crippen LogP contribution in [0.25, 0.3) is 11.0 Å². The number of imidazole rings is 1. The molecular formula is C13H15N3O3. The number of carbonyl (C=O) groups excluding carboxylic acids is 1. The SMILES string of the molecule is CCCc1nc2ccc(C(=O)O)cc2n1CC(N)=O. The van der Waals surface area contributed by atoms with Crippen molar-refractivity contribution in [1.82, 2.24) is 9.55 Å². The fourth-order valence-corrected chi connectivity index (χ4v) is 2.05. The maximum absolute atomic E-state index is 11.1. The fourth-order valence-electron chi connectivity index (χ4n) is 2.05. The molecule has 0 radical (unpaired) electrons. The monoisotopic (exact) mass is 261 g/mol. The van der Waals surface area contributed by atoms with Gasteiger partial charge in [-0.05, 0) is 24.6 Å². The third-order valence-corrected chi connectivity index (χ3v) is 2.86. The molecule has 0 saturated heterocycles. The molecule has 0 bridgehead atoms. The summed E-state index contributed by atoms with van der Waals surface area (Å²) in [6.45, 7) is 2.02. The first kappa shape index (κ1) is 13.1. The number of carboxylic acid groups (broad SMARTS) is 1. The normalized spacial score (nSPS) is 10.8. The molecular weight excluding hydrogens is 246 g/mol. The summed E-state index contributed by atoms with van der Waals surface area (Å²) in [5.74, 6) is -0.734. The Hall–Kier alpha value is -2.37. The summed E-state index contributed by atoms with van der Waals surface area (Å²) in [4.78, 5) is 26.6. The second-order valence-electron chi connectivity index (χ2n) is 4.34. The number of nitrogens with two attached hydrogens (primary N) is 1. The Morgan fingerprint density at radius 2 is 2.16 bits per heavy atom. The molecule has 0 aliphatic carbocycles. The van der Waals surface area contributed by atoms with Gasteiger partial charge in [0.15, 0.2) is 0 Å². The van der Waals surface area contributed by atoms with Crippen molar-refractivity contribution >= 4 is 22.9 Å². The van der Waals surface area contributed by atoms with Gasteiger partial charge in [0, 0.05) is 6.42 Å². The van der Waals surface area contributed by atoms with Crippen molar-refractivity contribution < 1.29 is 14.7 Å². The van der Waals surface area contributed by atoms with Crippen LogP contribution in [0.15, 0.2) is 18.2 Å². The van der Waals surface area contributed by atoms with Gasteiger partial charge in [0.1, 0.15) is 12.4 Å². The molecule has 1 aromatic carbocycles. The molecule has 0 unspecified atom stereocenters. The molecule has 6 heteroatoms. The van der Waals surface area contributed by atoms with E-state index in [0.29, 0.717) is 17.5 Å². The number of aromatic nitrogens is 2. The minimum absolute atomic E-state index is 0.00884. The van der Waals surface area contributed by atoms with Crippen molar-refractivity contribution in [2.75, 3.05) is 0 Å². The Balaban J connectivity index is 2.62. The van der Waals surface area contributed by atoms with E-state index in [0.717, 1.165) is 12.2 Å². The number of primary amides is 1. The number of rotatable bonds is 5. The van der Waals surface area contributed by atoms with Crippen LogP contribution in [0.3, 0.4) is 0 Å². The minimum Gasteiger partial charge on any atom is -0.478 e. The standard InChI is InChI=1S/C13H15N3O3/c1-2-3-12-15-9-5-4-8(13(18)19)6-10(9)16(12)7-11(14)17/h4-6H,2-3,7H2,1H3,(H2,14,17)(H,18,19). The quantitative estimate of drug-likeness (QED) is 0.844. The van der Waals surface area contributed by atoms with Crippen LogP contribution in [-0.4, -0.2) is 26.5 Å². The average molecular weight is 261 g/mol. The van der Waals surface area contributed by atoms with E-state index in [1.54, 1.807) is 10.6 Å². The Kier molecular flexibility index (Phi) is 3.50. The lowest BCUT2D eigenvalue weighted by Gasteiger charge is -2.06. The van der Waals surface area contributed by atoms with E-state index in [-0.39, 0.29) is 12.1 Å². The van der Waals surface area contributed by atoms with Crippen molar-refractivity contribution in [2.45, 2.75) is 26.3 Å². The molecule has 0 saturated carbocycles. The van der Waals surface area contributed by atoms with Gasteiger partial charge in [0.05, 0.1) is 16.6 Å². The van der Waals surface area contributed by atoms with Crippen LogP contribution in [0.1, 0.15) is 29.5 Å². The molecule has 2 rings (SSSR count). The van der Waals surface area contributed by atoms with E-state index in [1.165, 1.54) is 12.1 Å². The van der Waals surface area contributed by atoms with Gasteiger partial charge in [0.25, 0.3) is 0 Å². The Morgan fingerprint density at radius 1 is 1.42 bits per heavy atom. The number of fused-ring (bicyclic) bond motifs is 1. The predicted octanol–water partition coefficient (Wildman–Crippen LogP) is 1.17. The molecule has 1 amide bonds. The molecule has 3 N–H and O–H groups in total. The summed E-state index contributed by atoms with van der Waals surface area (Å²) in [6.07, 6.45) is 1.60. The summed E-state index contributed by atoms with van der Waals surface area (Å²) in [5, 5.41) is 9.01. The summed E-state index contributed by atoms with van der Waals surface area (Å²) >= 11 is 0. The Bertz CT molecular complexity index is 646. The summed E-state index contributed by atoms with van der Waals surface area (Å²) in [7, 11) is 0. The van der Waals surface area contributed by atoms with Crippen molar-refractivity contribution in [2.24, 2.45) is 5.73 Å². The molecule has 100 valence electrons. The van der Waals surface area contributed by atoms with Gasteiger partial charge in [-0.25, -0.2) is 9.78 Å². The molecule has 2 aromatic rings. The van der Waals surface area contributed by atoms with E-state index < -0.39 is 11.9 Å². The first-order valence-corrected chi connectivity index (χ1v) is 6.03. The van der Waals surface area contributed by atoms with Crippen LogP contribution in [0.5, 0.6) is 0 Å². The molecule has 0 spiro atoms. The number of amides is 1. The highest BCUT2D eigenvalue weighted by Crippen LogP contribution is 2.19. The number of aromatic carboxylic acids is 1. The van der Waals surface area contributed by atoms with Gasteiger partial charge in [-0.15, -0.1) is 0 Å². The van der Waals surface area contributed by atoms with E-state index in [4.69, 9.17) is 10.8 Å². The van der Waals surface area contributed by atoms with Gasteiger partial charge in [-0.2, -0.15) is 0 Å². The summed E-state index contributed by atoms with van der Waals surface area (Å²) in [5.41, 5.74) is 6.70. The maximum Gasteiger partial charge on any atom is 0.335 e. The smallest absolute Gasteiger partial charge is 0.335 e. The molecule has 19 heavy (non-hydrogen) atoms. The first-order valence-electron chi connectivity index (χ1n) is 6.03. The van der Waals surface area contributed by atoms with Crippen LogP contribution in [0.4, 0.5) is 0 Å². The molecule has 0 fully saturated rings. The van der Waals surface area contributed by atoms with E-state index in [1.807, 2.05) is 6.92 Å². The minimum atomic E-state index is -1.01. The number of hydrogen-bond acceptors (Lipinski definition) is 3. The summed E-state index contributed by atoms with van der Waals surface area (Å²) in [6, 6.07) is 4.67. The lowest BCUT2D eigenvalue weighted by molar-refractivity contribution is -0.118. The zero-order valence-corrected chi connectivity index (χ0v) is 10.6. The van der Waals surface area contributed by atoms with E-state index in [2.05, 4.69) is 4.98 Å². The largest absolute Gasteiger partial charge is 0.478 e. The van der Waals surface area contributed by atoms with Gasteiger partial charge in [-0.1, -0.05) is 6.92 Å². The molecule has 0 atom stereocenters. The Morgan fingerprint density at radius 3 is 2.74 bits per heavy atom. The van der Waals surface area contributed by atoms with Crippen LogP contribution in [0, 0.1) is 0 Å². The van der Waals surface area contributed by atoms with E-state index in [9.17, 15) is 9.59 Å². The number of benzene rings is 1. The fraction of sp³-hybridized carbons (Fsp3) is 0.308. The van der Waals surface area contributed by atoms with Crippen molar-refractivity contribution in [3.8, 4) is 0 Å². The number of aryl methyl sites for hydroxylation is 1. The molecule has 1 heterocycles. The van der Waals surface area contributed by atoms with Crippen LogP contribution in [0.2, 0.25) is 0 Å². The van der Waals surface area contributed by atoms with Gasteiger partial charge >= 0.3 is 5.97 Å². The van der Waals surface area contributed by atoms with Gasteiger partial charge < -0.3 is 15.4 Å². The van der Waals surface area contributed by atoms with Crippen LogP contribution >= 0.6 is 0 Å². The molecule has 0 aliphatic rings. The number of carboxylic acids is 1. The average Bonchev–Trinajstić information content (AvgIpc) is 2.67. The van der Waals surface area contributed by atoms with Crippen LogP contribution < -0.4 is 5.73 Å². The highest BCUT2D eigenvalue weighted by Gasteiger charge is 2.14. The number of nitrogens with zero attached hydrogens (tertiary/aromatic N) is 2. The topological polar surface area (TPSA) is 98.2 Å². The van der Waals surface area contributed by atoms with E-state index >= 15 is 0 Å². The second-order valence-corrected chi connectivity index (χ2v) is 4.34. The second kappa shape index (κ2) is 5.09.